The van der Waals surface area contributed by atoms with E-state index >= 15 is 0 Å². The second-order valence-corrected chi connectivity index (χ2v) is 6.35. The second-order valence-electron chi connectivity index (χ2n) is 6.35. The van der Waals surface area contributed by atoms with Crippen LogP contribution < -0.4 is 10.2 Å². The molecule has 0 aromatic carbocycles. The molecule has 0 spiro atoms. The van der Waals surface area contributed by atoms with Gasteiger partial charge >= 0.3 is 0 Å². The summed E-state index contributed by atoms with van der Waals surface area (Å²) in [6, 6.07) is 5.52. The van der Waals surface area contributed by atoms with Crippen LogP contribution in [0, 0.1) is 0 Å². The van der Waals surface area contributed by atoms with Gasteiger partial charge in [-0.3, -0.25) is 9.88 Å². The summed E-state index contributed by atoms with van der Waals surface area (Å²) in [6.07, 6.45) is 6.06. The standard InChI is InChI=1S/C17H28N4/c1-3-18-14(2)17-8-7-15(12-19-17)21-11-5-10-20-9-4-6-16(20)13-21/h7-8,12,14,16,18H,3-6,9-11,13H2,1-2H3. The topological polar surface area (TPSA) is 31.4 Å². The summed E-state index contributed by atoms with van der Waals surface area (Å²) in [4.78, 5) is 9.88. The molecule has 0 radical (unpaired) electrons. The number of pyridine rings is 1. The molecule has 1 N–H and O–H groups in total. The van der Waals surface area contributed by atoms with Crippen molar-refractivity contribution in [1.29, 1.82) is 0 Å². The molecule has 2 fully saturated rings. The monoisotopic (exact) mass is 288 g/mol. The third kappa shape index (κ3) is 3.38. The van der Waals surface area contributed by atoms with Gasteiger partial charge in [-0.1, -0.05) is 6.92 Å². The molecule has 3 rings (SSSR count). The van der Waals surface area contributed by atoms with Gasteiger partial charge in [0.05, 0.1) is 17.6 Å². The van der Waals surface area contributed by atoms with Crippen LogP contribution in [-0.4, -0.2) is 48.6 Å². The van der Waals surface area contributed by atoms with E-state index in [1.54, 1.807) is 0 Å². The maximum atomic E-state index is 4.67. The Morgan fingerprint density at radius 2 is 2.14 bits per heavy atom. The summed E-state index contributed by atoms with van der Waals surface area (Å²) in [5.41, 5.74) is 2.43. The first-order chi connectivity index (χ1) is 10.3. The van der Waals surface area contributed by atoms with Gasteiger partial charge in [0.25, 0.3) is 0 Å². The van der Waals surface area contributed by atoms with Crippen molar-refractivity contribution in [3.05, 3.63) is 24.0 Å². The van der Waals surface area contributed by atoms with Crippen molar-refractivity contribution in [3.63, 3.8) is 0 Å². The molecule has 2 saturated heterocycles. The first-order valence-electron chi connectivity index (χ1n) is 8.46. The zero-order valence-electron chi connectivity index (χ0n) is 13.4. The van der Waals surface area contributed by atoms with Crippen molar-refractivity contribution >= 4 is 5.69 Å². The molecule has 21 heavy (non-hydrogen) atoms. The average molecular weight is 288 g/mol. The van der Waals surface area contributed by atoms with E-state index in [1.165, 1.54) is 44.6 Å². The van der Waals surface area contributed by atoms with Crippen LogP contribution in [0.15, 0.2) is 18.3 Å². The third-order valence-corrected chi connectivity index (χ3v) is 4.89. The van der Waals surface area contributed by atoms with Crippen LogP contribution >= 0.6 is 0 Å². The third-order valence-electron chi connectivity index (χ3n) is 4.89. The first-order valence-corrected chi connectivity index (χ1v) is 8.46. The van der Waals surface area contributed by atoms with Crippen molar-refractivity contribution in [1.82, 2.24) is 15.2 Å². The summed E-state index contributed by atoms with van der Waals surface area (Å²) in [6.45, 7) is 10.2. The van der Waals surface area contributed by atoms with E-state index in [1.807, 2.05) is 0 Å². The largest absolute Gasteiger partial charge is 0.369 e. The van der Waals surface area contributed by atoms with E-state index in [4.69, 9.17) is 0 Å². The summed E-state index contributed by atoms with van der Waals surface area (Å²) < 4.78 is 0. The van der Waals surface area contributed by atoms with E-state index < -0.39 is 0 Å². The number of aromatic nitrogens is 1. The number of rotatable bonds is 4. The number of hydrogen-bond donors (Lipinski definition) is 1. The fourth-order valence-electron chi connectivity index (χ4n) is 3.69. The zero-order chi connectivity index (χ0) is 14.7. The van der Waals surface area contributed by atoms with Crippen molar-refractivity contribution in [2.45, 2.75) is 45.2 Å². The van der Waals surface area contributed by atoms with Crippen LogP contribution in [0.2, 0.25) is 0 Å². The van der Waals surface area contributed by atoms with Crippen LogP contribution in [0.1, 0.15) is 44.8 Å². The molecule has 0 aliphatic carbocycles. The van der Waals surface area contributed by atoms with Crippen molar-refractivity contribution in [3.8, 4) is 0 Å². The van der Waals surface area contributed by atoms with Crippen LogP contribution in [0.25, 0.3) is 0 Å². The van der Waals surface area contributed by atoms with E-state index in [0.717, 1.165) is 24.8 Å². The lowest BCUT2D eigenvalue weighted by Gasteiger charge is -2.27. The molecule has 2 aliphatic rings. The van der Waals surface area contributed by atoms with Gasteiger partial charge in [-0.15, -0.1) is 0 Å². The number of hydrogen-bond acceptors (Lipinski definition) is 4. The van der Waals surface area contributed by atoms with E-state index in [-0.39, 0.29) is 0 Å². The summed E-state index contributed by atoms with van der Waals surface area (Å²) >= 11 is 0. The van der Waals surface area contributed by atoms with E-state index in [0.29, 0.717) is 6.04 Å². The highest BCUT2D eigenvalue weighted by Gasteiger charge is 2.28. The first kappa shape index (κ1) is 14.8. The summed E-state index contributed by atoms with van der Waals surface area (Å²) in [7, 11) is 0. The molecule has 0 saturated carbocycles. The Kier molecular flexibility index (Phi) is 4.76. The van der Waals surface area contributed by atoms with Crippen molar-refractivity contribution in [2.24, 2.45) is 0 Å². The average Bonchev–Trinajstić information content (AvgIpc) is 2.85. The fourth-order valence-corrected chi connectivity index (χ4v) is 3.69. The van der Waals surface area contributed by atoms with Gasteiger partial charge < -0.3 is 10.2 Å². The lowest BCUT2D eigenvalue weighted by molar-refractivity contribution is 0.273. The predicted molar refractivity (Wildman–Crippen MR) is 87.8 cm³/mol. The highest BCUT2D eigenvalue weighted by molar-refractivity contribution is 5.45. The van der Waals surface area contributed by atoms with E-state index in [2.05, 4.69) is 52.3 Å². The molecule has 1 aromatic rings. The van der Waals surface area contributed by atoms with Crippen LogP contribution in [0.5, 0.6) is 0 Å². The summed E-state index contributed by atoms with van der Waals surface area (Å²) in [5, 5.41) is 3.42. The number of fused-ring (bicyclic) bond motifs is 1. The summed E-state index contributed by atoms with van der Waals surface area (Å²) in [5.74, 6) is 0. The van der Waals surface area contributed by atoms with Crippen molar-refractivity contribution in [2.75, 3.05) is 37.6 Å². The van der Waals surface area contributed by atoms with Gasteiger partial charge in [0, 0.05) is 31.7 Å². The predicted octanol–water partition coefficient (Wildman–Crippen LogP) is 2.43. The lowest BCUT2D eigenvalue weighted by atomic mass is 10.2. The molecule has 2 unspecified atom stereocenters. The Labute approximate surface area is 128 Å². The minimum absolute atomic E-state index is 0.332. The van der Waals surface area contributed by atoms with E-state index in [9.17, 15) is 0 Å². The van der Waals surface area contributed by atoms with Gasteiger partial charge in [-0.25, -0.2) is 0 Å². The zero-order valence-corrected chi connectivity index (χ0v) is 13.4. The highest BCUT2D eigenvalue weighted by Crippen LogP contribution is 2.25. The maximum Gasteiger partial charge on any atom is 0.0572 e. The Balaban J connectivity index is 1.68. The van der Waals surface area contributed by atoms with Crippen LogP contribution in [0.4, 0.5) is 5.69 Å². The minimum Gasteiger partial charge on any atom is -0.369 e. The molecule has 0 bridgehead atoms. The number of anilines is 1. The van der Waals surface area contributed by atoms with Gasteiger partial charge in [0.1, 0.15) is 0 Å². The molecule has 1 aromatic heterocycles. The second kappa shape index (κ2) is 6.75. The quantitative estimate of drug-likeness (QED) is 0.922. The molecule has 116 valence electrons. The minimum atomic E-state index is 0.332. The normalized spacial score (nSPS) is 24.7. The maximum absolute atomic E-state index is 4.67. The number of nitrogens with one attached hydrogen (secondary N) is 1. The molecule has 2 atom stereocenters. The molecular formula is C17H28N4. The molecule has 4 nitrogen and oxygen atoms in total. The van der Waals surface area contributed by atoms with Crippen molar-refractivity contribution < 1.29 is 0 Å². The molecule has 0 amide bonds. The Hall–Kier alpha value is -1.13. The number of nitrogens with zero attached hydrogens (tertiary/aromatic N) is 3. The van der Waals surface area contributed by atoms with Gasteiger partial charge in [0.2, 0.25) is 0 Å². The Morgan fingerprint density at radius 3 is 2.90 bits per heavy atom. The van der Waals surface area contributed by atoms with Gasteiger partial charge in [0.15, 0.2) is 0 Å². The molecule has 4 heteroatoms. The van der Waals surface area contributed by atoms with Gasteiger partial charge in [-0.2, -0.15) is 0 Å². The smallest absolute Gasteiger partial charge is 0.0572 e. The van der Waals surface area contributed by atoms with Crippen LogP contribution in [0.3, 0.4) is 0 Å². The molecule has 2 aliphatic heterocycles. The fraction of sp³-hybridized carbons (Fsp3) is 0.706. The SMILES string of the molecule is CCNC(C)c1ccc(N2CCCN3CCCC3C2)cn1. The highest BCUT2D eigenvalue weighted by atomic mass is 15.3. The lowest BCUT2D eigenvalue weighted by Crippen LogP contribution is -2.36. The molecule has 3 heterocycles. The van der Waals surface area contributed by atoms with Crippen LogP contribution in [-0.2, 0) is 0 Å². The Morgan fingerprint density at radius 1 is 1.29 bits per heavy atom. The van der Waals surface area contributed by atoms with Gasteiger partial charge in [-0.05, 0) is 51.4 Å². The Bertz CT molecular complexity index is 445. The molecular weight excluding hydrogens is 260 g/mol.